The lowest BCUT2D eigenvalue weighted by atomic mass is 10.3. The normalized spacial score (nSPS) is 11.7. The van der Waals surface area contributed by atoms with Crippen molar-refractivity contribution in [2.75, 3.05) is 6.54 Å². The van der Waals surface area contributed by atoms with Crippen molar-refractivity contribution in [2.45, 2.75) is 13.3 Å². The van der Waals surface area contributed by atoms with Crippen molar-refractivity contribution in [3.05, 3.63) is 52.5 Å². The van der Waals surface area contributed by atoms with Gasteiger partial charge in [0.15, 0.2) is 3.95 Å². The van der Waals surface area contributed by atoms with Crippen molar-refractivity contribution in [1.29, 1.82) is 5.26 Å². The number of nitriles is 1. The maximum atomic E-state index is 9.15. The highest BCUT2D eigenvalue weighted by Crippen LogP contribution is 2.25. The first-order valence-corrected chi connectivity index (χ1v) is 9.09. The van der Waals surface area contributed by atoms with Crippen molar-refractivity contribution < 1.29 is 9.31 Å². The first-order valence-electron chi connectivity index (χ1n) is 7.86. The molecule has 0 aliphatic rings. The minimum absolute atomic E-state index is 0.383. The summed E-state index contributed by atoms with van der Waals surface area (Å²) in [6.45, 7) is 2.79. The van der Waals surface area contributed by atoms with E-state index in [0.717, 1.165) is 26.3 Å². The van der Waals surface area contributed by atoms with Crippen molar-refractivity contribution in [2.24, 2.45) is 0 Å². The molecule has 2 aromatic carbocycles. The summed E-state index contributed by atoms with van der Waals surface area (Å²) in [5.74, 6) is 0.666. The fraction of sp³-hybridized carbons (Fsp3) is 0.167. The summed E-state index contributed by atoms with van der Waals surface area (Å²) in [7, 11) is 0. The average Bonchev–Trinajstić information content (AvgIpc) is 2.99. The first kappa shape index (κ1) is 17.1. The Labute approximate surface area is 154 Å². The fourth-order valence-electron chi connectivity index (χ4n) is 2.47. The second kappa shape index (κ2) is 7.92. The molecule has 0 radical (unpaired) electrons. The van der Waals surface area contributed by atoms with Crippen LogP contribution in [0.1, 0.15) is 13.3 Å². The molecule has 3 rings (SSSR count). The van der Waals surface area contributed by atoms with Gasteiger partial charge in [0.05, 0.1) is 16.8 Å². The number of thiazole rings is 1. The molecule has 7 heteroatoms. The Morgan fingerprint density at radius 2 is 2.12 bits per heavy atom. The smallest absolute Gasteiger partial charge is 0.391 e. The van der Waals surface area contributed by atoms with E-state index in [2.05, 4.69) is 23.3 Å². The summed E-state index contributed by atoms with van der Waals surface area (Å²) in [4.78, 5) is 3.16. The van der Waals surface area contributed by atoms with Crippen LogP contribution in [-0.2, 0) is 0 Å². The molecule has 0 fully saturated rings. The standard InChI is InChI=1S/C18H16N4OS2/c1-2-10-22(13-8-9-15-16(11-13)25-18(24)21-15)17(20-12-19)23-14-6-4-3-5-7-14/h3-9,11H,2,10H2,1H3,(H,21,24)/p+1. The highest BCUT2D eigenvalue weighted by molar-refractivity contribution is 7.73. The number of nitrogens with one attached hydrogen (secondary N) is 2. The highest BCUT2D eigenvalue weighted by atomic mass is 32.1. The topological polar surface area (TPSA) is 63.9 Å². The van der Waals surface area contributed by atoms with Crippen LogP contribution >= 0.6 is 23.6 Å². The molecule has 0 amide bonds. The summed E-state index contributed by atoms with van der Waals surface area (Å²) in [5, 5.41) is 11.8. The number of hydrogen-bond donors (Lipinski definition) is 2. The SMILES string of the molecule is CCC[N+](=C(NC#N)Oc1ccccc1)c1ccc2[nH]c(=S)sc2c1. The predicted octanol–water partition coefficient (Wildman–Crippen LogP) is 4.52. The van der Waals surface area contributed by atoms with Crippen molar-refractivity contribution in [3.8, 4) is 11.9 Å². The van der Waals surface area contributed by atoms with E-state index in [1.165, 1.54) is 11.3 Å². The molecule has 2 N–H and O–H groups in total. The van der Waals surface area contributed by atoms with E-state index in [1.807, 2.05) is 53.2 Å². The molecule has 0 saturated heterocycles. The van der Waals surface area contributed by atoms with Crippen LogP contribution in [0.25, 0.3) is 10.2 Å². The molecule has 25 heavy (non-hydrogen) atoms. The van der Waals surface area contributed by atoms with Crippen LogP contribution < -0.4 is 10.1 Å². The number of ether oxygens (including phenoxy) is 1. The monoisotopic (exact) mass is 369 g/mol. The van der Waals surface area contributed by atoms with Gasteiger partial charge in [0, 0.05) is 6.07 Å². The van der Waals surface area contributed by atoms with E-state index in [-0.39, 0.29) is 0 Å². The second-order valence-corrected chi connectivity index (χ2v) is 7.02. The summed E-state index contributed by atoms with van der Waals surface area (Å²) in [6.07, 6.45) is 2.86. The van der Waals surface area contributed by atoms with Gasteiger partial charge < -0.3 is 9.72 Å². The van der Waals surface area contributed by atoms with Crippen LogP contribution in [0.4, 0.5) is 5.69 Å². The van der Waals surface area contributed by atoms with E-state index in [4.69, 9.17) is 22.2 Å². The van der Waals surface area contributed by atoms with Crippen LogP contribution in [-0.4, -0.2) is 22.1 Å². The van der Waals surface area contributed by atoms with Crippen LogP contribution in [0.3, 0.4) is 0 Å². The molecule has 0 saturated carbocycles. The van der Waals surface area contributed by atoms with Crippen LogP contribution in [0.5, 0.6) is 5.75 Å². The van der Waals surface area contributed by atoms with E-state index in [9.17, 15) is 0 Å². The summed E-state index contributed by atoms with van der Waals surface area (Å²) in [6, 6.07) is 15.8. The quantitative estimate of drug-likeness (QED) is 0.177. The van der Waals surface area contributed by atoms with Gasteiger partial charge in [-0.2, -0.15) is 4.58 Å². The Morgan fingerprint density at radius 3 is 2.84 bits per heavy atom. The minimum Gasteiger partial charge on any atom is -0.391 e. The third-order valence-electron chi connectivity index (χ3n) is 3.53. The Bertz CT molecular complexity index is 999. The Hall–Kier alpha value is -2.69. The Balaban J connectivity index is 2.08. The molecular weight excluding hydrogens is 352 g/mol. The molecular formula is C18H17N4OS2+. The molecule has 0 atom stereocenters. The zero-order chi connectivity index (χ0) is 17.6. The number of fused-ring (bicyclic) bond motifs is 1. The van der Waals surface area contributed by atoms with Gasteiger partial charge in [-0.05, 0) is 42.9 Å². The molecule has 0 bridgehead atoms. The van der Waals surface area contributed by atoms with E-state index in [0.29, 0.717) is 18.3 Å². The van der Waals surface area contributed by atoms with E-state index < -0.39 is 0 Å². The molecule has 0 spiro atoms. The number of nitrogens with zero attached hydrogens (tertiary/aromatic N) is 2. The van der Waals surface area contributed by atoms with Gasteiger partial charge in [-0.25, -0.2) is 0 Å². The predicted molar refractivity (Wildman–Crippen MR) is 103 cm³/mol. The fourth-order valence-corrected chi connectivity index (χ4v) is 3.62. The van der Waals surface area contributed by atoms with Gasteiger partial charge in [-0.15, -0.1) is 21.9 Å². The van der Waals surface area contributed by atoms with Crippen LogP contribution in [0.15, 0.2) is 48.5 Å². The highest BCUT2D eigenvalue weighted by Gasteiger charge is 2.19. The molecule has 0 aliphatic heterocycles. The average molecular weight is 369 g/mol. The first-order chi connectivity index (χ1) is 12.2. The maximum Gasteiger partial charge on any atom is 0.470 e. The van der Waals surface area contributed by atoms with Gasteiger partial charge in [0.1, 0.15) is 11.4 Å². The lowest BCUT2D eigenvalue weighted by Gasteiger charge is -2.10. The van der Waals surface area contributed by atoms with Crippen LogP contribution in [0, 0.1) is 15.4 Å². The number of para-hydroxylation sites is 1. The number of aromatic amines is 1. The lowest BCUT2D eigenvalue weighted by Crippen LogP contribution is -2.34. The largest absolute Gasteiger partial charge is 0.470 e. The van der Waals surface area contributed by atoms with Gasteiger partial charge in [-0.1, -0.05) is 25.1 Å². The van der Waals surface area contributed by atoms with Crippen molar-refractivity contribution in [3.63, 3.8) is 0 Å². The third kappa shape index (κ3) is 4.05. The molecule has 5 nitrogen and oxygen atoms in total. The number of H-pyrrole nitrogens is 1. The lowest BCUT2D eigenvalue weighted by molar-refractivity contribution is -0.450. The van der Waals surface area contributed by atoms with Gasteiger partial charge in [0.2, 0.25) is 0 Å². The number of benzene rings is 2. The van der Waals surface area contributed by atoms with Crippen molar-refractivity contribution in [1.82, 2.24) is 10.3 Å². The summed E-state index contributed by atoms with van der Waals surface area (Å²) >= 11 is 6.75. The molecule has 1 aromatic heterocycles. The number of rotatable bonds is 4. The summed E-state index contributed by atoms with van der Waals surface area (Å²) < 4.78 is 9.70. The van der Waals surface area contributed by atoms with Gasteiger partial charge >= 0.3 is 6.02 Å². The summed E-state index contributed by atoms with van der Waals surface area (Å²) in [5.41, 5.74) is 1.95. The van der Waals surface area contributed by atoms with Crippen LogP contribution in [0.2, 0.25) is 0 Å². The maximum absolute atomic E-state index is 9.15. The van der Waals surface area contributed by atoms with Gasteiger partial charge in [0.25, 0.3) is 6.19 Å². The zero-order valence-electron chi connectivity index (χ0n) is 13.7. The van der Waals surface area contributed by atoms with Crippen molar-refractivity contribution >= 4 is 45.5 Å². The number of aromatic nitrogens is 1. The molecule has 1 heterocycles. The Kier molecular flexibility index (Phi) is 5.43. The third-order valence-corrected chi connectivity index (χ3v) is 4.73. The number of hydrogen-bond acceptors (Lipinski definition) is 4. The zero-order valence-corrected chi connectivity index (χ0v) is 15.3. The minimum atomic E-state index is 0.383. The van der Waals surface area contributed by atoms with E-state index >= 15 is 0 Å². The van der Waals surface area contributed by atoms with E-state index in [1.54, 1.807) is 0 Å². The molecule has 0 unspecified atom stereocenters. The molecule has 3 aromatic rings. The van der Waals surface area contributed by atoms with Gasteiger partial charge in [-0.3, -0.25) is 0 Å². The molecule has 126 valence electrons. The Morgan fingerprint density at radius 1 is 1.32 bits per heavy atom. The molecule has 0 aliphatic carbocycles. The second-order valence-electron chi connectivity index (χ2n) is 5.30. The number of amidine groups is 1.